The predicted molar refractivity (Wildman–Crippen MR) is 83.2 cm³/mol. The van der Waals surface area contributed by atoms with Gasteiger partial charge in [-0.25, -0.2) is 0 Å². The molecule has 110 valence electrons. The summed E-state index contributed by atoms with van der Waals surface area (Å²) in [6.07, 6.45) is 8.28. The lowest BCUT2D eigenvalue weighted by Gasteiger charge is -2.22. The standard InChI is InChI=1S/C17H26N2O/c1-13(15-11-7-8-12-16(15)18)19-17(20)14-9-5-3-2-4-6-10-14/h7-8,11-14H,2-6,9-10,18H2,1H3,(H,19,20). The van der Waals surface area contributed by atoms with Crippen molar-refractivity contribution in [1.29, 1.82) is 0 Å². The summed E-state index contributed by atoms with van der Waals surface area (Å²) in [5.41, 5.74) is 7.72. The van der Waals surface area contributed by atoms with E-state index in [9.17, 15) is 4.79 Å². The van der Waals surface area contributed by atoms with Gasteiger partial charge in [-0.1, -0.05) is 50.3 Å². The Hall–Kier alpha value is -1.51. The molecule has 0 spiro atoms. The minimum absolute atomic E-state index is 0.0193. The van der Waals surface area contributed by atoms with Gasteiger partial charge in [0.15, 0.2) is 0 Å². The van der Waals surface area contributed by atoms with Crippen molar-refractivity contribution in [3.63, 3.8) is 0 Å². The zero-order valence-electron chi connectivity index (χ0n) is 12.4. The van der Waals surface area contributed by atoms with Crippen LogP contribution in [0.15, 0.2) is 24.3 Å². The van der Waals surface area contributed by atoms with E-state index in [0.717, 1.165) is 24.1 Å². The van der Waals surface area contributed by atoms with Crippen molar-refractivity contribution in [3.05, 3.63) is 29.8 Å². The molecule has 1 atom stereocenters. The Morgan fingerprint density at radius 2 is 1.75 bits per heavy atom. The van der Waals surface area contributed by atoms with Gasteiger partial charge in [-0.15, -0.1) is 0 Å². The maximum atomic E-state index is 12.4. The molecule has 1 aliphatic rings. The summed E-state index contributed by atoms with van der Waals surface area (Å²) in [6, 6.07) is 7.73. The van der Waals surface area contributed by atoms with E-state index in [1.54, 1.807) is 0 Å². The second-order valence-electron chi connectivity index (χ2n) is 5.90. The van der Waals surface area contributed by atoms with Crippen LogP contribution in [0.1, 0.15) is 63.5 Å². The summed E-state index contributed by atoms with van der Waals surface area (Å²) in [5, 5.41) is 3.14. The molecule has 1 aromatic rings. The Kier molecular flexibility index (Phi) is 5.45. The highest BCUT2D eigenvalue weighted by Gasteiger charge is 2.21. The smallest absolute Gasteiger partial charge is 0.223 e. The van der Waals surface area contributed by atoms with Crippen LogP contribution < -0.4 is 11.1 Å². The molecule has 0 radical (unpaired) electrons. The molecule has 2 rings (SSSR count). The molecule has 1 saturated carbocycles. The van der Waals surface area contributed by atoms with Gasteiger partial charge in [0.1, 0.15) is 0 Å². The Morgan fingerprint density at radius 1 is 1.15 bits per heavy atom. The van der Waals surface area contributed by atoms with Crippen LogP contribution in [0.5, 0.6) is 0 Å². The number of benzene rings is 1. The van der Waals surface area contributed by atoms with Crippen LogP contribution in [0.25, 0.3) is 0 Å². The van der Waals surface area contributed by atoms with Crippen molar-refractivity contribution < 1.29 is 4.79 Å². The first-order chi connectivity index (χ1) is 9.68. The number of nitrogens with one attached hydrogen (secondary N) is 1. The number of anilines is 1. The fraction of sp³-hybridized carbons (Fsp3) is 0.588. The lowest BCUT2D eigenvalue weighted by molar-refractivity contribution is -0.126. The van der Waals surface area contributed by atoms with Gasteiger partial charge in [0.2, 0.25) is 5.91 Å². The minimum Gasteiger partial charge on any atom is -0.398 e. The molecule has 1 amide bonds. The maximum absolute atomic E-state index is 12.4. The van der Waals surface area contributed by atoms with Gasteiger partial charge in [-0.3, -0.25) is 4.79 Å². The van der Waals surface area contributed by atoms with Gasteiger partial charge in [0.05, 0.1) is 6.04 Å². The van der Waals surface area contributed by atoms with Gasteiger partial charge >= 0.3 is 0 Å². The third kappa shape index (κ3) is 3.99. The first-order valence-corrected chi connectivity index (χ1v) is 7.83. The lowest BCUT2D eigenvalue weighted by Crippen LogP contribution is -2.33. The van der Waals surface area contributed by atoms with Gasteiger partial charge < -0.3 is 11.1 Å². The molecular weight excluding hydrogens is 248 g/mol. The van der Waals surface area contributed by atoms with E-state index in [-0.39, 0.29) is 17.9 Å². The molecule has 20 heavy (non-hydrogen) atoms. The normalized spacial score (nSPS) is 18.9. The first-order valence-electron chi connectivity index (χ1n) is 7.83. The average molecular weight is 274 g/mol. The molecule has 1 fully saturated rings. The molecule has 0 bridgehead atoms. The molecule has 0 saturated heterocycles. The molecule has 1 aliphatic carbocycles. The number of amides is 1. The second-order valence-corrected chi connectivity index (χ2v) is 5.90. The van der Waals surface area contributed by atoms with Gasteiger partial charge in [-0.05, 0) is 31.4 Å². The van der Waals surface area contributed by atoms with Crippen molar-refractivity contribution in [2.75, 3.05) is 5.73 Å². The van der Waals surface area contributed by atoms with Gasteiger partial charge in [-0.2, -0.15) is 0 Å². The number of hydrogen-bond donors (Lipinski definition) is 2. The molecular formula is C17H26N2O. The molecule has 0 aromatic heterocycles. The van der Waals surface area contributed by atoms with E-state index >= 15 is 0 Å². The van der Waals surface area contributed by atoms with Crippen molar-refractivity contribution in [2.45, 2.75) is 57.9 Å². The summed E-state index contributed by atoms with van der Waals surface area (Å²) >= 11 is 0. The molecule has 3 heteroatoms. The third-order valence-corrected chi connectivity index (χ3v) is 4.30. The number of nitrogens with two attached hydrogens (primary N) is 1. The van der Waals surface area contributed by atoms with Crippen LogP contribution in [0.2, 0.25) is 0 Å². The van der Waals surface area contributed by atoms with Crippen molar-refractivity contribution in [2.24, 2.45) is 5.92 Å². The highest BCUT2D eigenvalue weighted by Crippen LogP contribution is 2.24. The Labute approximate surface area is 121 Å². The molecule has 0 aliphatic heterocycles. The summed E-state index contributed by atoms with van der Waals surface area (Å²) < 4.78 is 0. The van der Waals surface area contributed by atoms with Crippen LogP contribution in [-0.2, 0) is 4.79 Å². The molecule has 0 heterocycles. The summed E-state index contributed by atoms with van der Waals surface area (Å²) in [4.78, 5) is 12.4. The number of hydrogen-bond acceptors (Lipinski definition) is 2. The maximum Gasteiger partial charge on any atom is 0.223 e. The van der Waals surface area contributed by atoms with E-state index in [2.05, 4.69) is 5.32 Å². The summed E-state index contributed by atoms with van der Waals surface area (Å²) in [7, 11) is 0. The van der Waals surface area contributed by atoms with E-state index in [0.29, 0.717) is 0 Å². The van der Waals surface area contributed by atoms with E-state index in [1.807, 2.05) is 31.2 Å². The zero-order chi connectivity index (χ0) is 14.4. The highest BCUT2D eigenvalue weighted by molar-refractivity contribution is 5.79. The van der Waals surface area contributed by atoms with E-state index in [4.69, 9.17) is 5.73 Å². The predicted octanol–water partition coefficient (Wildman–Crippen LogP) is 3.81. The van der Waals surface area contributed by atoms with Crippen LogP contribution in [-0.4, -0.2) is 5.91 Å². The zero-order valence-corrected chi connectivity index (χ0v) is 12.4. The number of carbonyl (C=O) groups is 1. The molecule has 3 N–H and O–H groups in total. The van der Waals surface area contributed by atoms with Crippen LogP contribution in [0.3, 0.4) is 0 Å². The van der Waals surface area contributed by atoms with Gasteiger partial charge in [0.25, 0.3) is 0 Å². The van der Waals surface area contributed by atoms with Crippen molar-refractivity contribution in [3.8, 4) is 0 Å². The fourth-order valence-electron chi connectivity index (χ4n) is 3.03. The number of rotatable bonds is 3. The quantitative estimate of drug-likeness (QED) is 0.824. The minimum atomic E-state index is -0.0193. The number of carbonyl (C=O) groups excluding carboxylic acids is 1. The second kappa shape index (κ2) is 7.32. The number of nitrogen functional groups attached to an aromatic ring is 1. The van der Waals surface area contributed by atoms with Crippen LogP contribution in [0.4, 0.5) is 5.69 Å². The molecule has 3 nitrogen and oxygen atoms in total. The fourth-order valence-corrected chi connectivity index (χ4v) is 3.03. The largest absolute Gasteiger partial charge is 0.398 e. The average Bonchev–Trinajstić information content (AvgIpc) is 2.38. The SMILES string of the molecule is CC(NC(=O)C1CCCCCCC1)c1ccccc1N. The Bertz CT molecular complexity index is 436. The van der Waals surface area contributed by atoms with Crippen LogP contribution >= 0.6 is 0 Å². The lowest BCUT2D eigenvalue weighted by atomic mass is 9.90. The van der Waals surface area contributed by atoms with Gasteiger partial charge in [0, 0.05) is 11.6 Å². The van der Waals surface area contributed by atoms with E-state index < -0.39 is 0 Å². The summed E-state index contributed by atoms with van der Waals surface area (Å²) in [5.74, 6) is 0.380. The monoisotopic (exact) mass is 274 g/mol. The topological polar surface area (TPSA) is 55.1 Å². The van der Waals surface area contributed by atoms with E-state index in [1.165, 1.54) is 32.1 Å². The Morgan fingerprint density at radius 3 is 2.40 bits per heavy atom. The highest BCUT2D eigenvalue weighted by atomic mass is 16.1. The molecule has 1 unspecified atom stereocenters. The molecule has 1 aromatic carbocycles. The number of para-hydroxylation sites is 1. The first kappa shape index (κ1) is 14.9. The van der Waals surface area contributed by atoms with Crippen molar-refractivity contribution in [1.82, 2.24) is 5.32 Å². The Balaban J connectivity index is 1.94. The third-order valence-electron chi connectivity index (χ3n) is 4.30. The summed E-state index contributed by atoms with van der Waals surface area (Å²) in [6.45, 7) is 2.01. The van der Waals surface area contributed by atoms with Crippen molar-refractivity contribution >= 4 is 11.6 Å². The van der Waals surface area contributed by atoms with Crippen LogP contribution in [0, 0.1) is 5.92 Å².